The molecule has 0 unspecified atom stereocenters. The largest absolute Gasteiger partial charge is 0.206 e. The Morgan fingerprint density at radius 2 is 0.632 bits per heavy atom. The summed E-state index contributed by atoms with van der Waals surface area (Å²) in [7, 11) is 0. The predicted molar refractivity (Wildman–Crippen MR) is 242 cm³/mol. The van der Waals surface area contributed by atoms with E-state index in [2.05, 4.69) is 176 Å². The van der Waals surface area contributed by atoms with Crippen molar-refractivity contribution in [2.75, 3.05) is 0 Å². The molecule has 0 aromatic heterocycles. The molecule has 0 nitrogen and oxygen atoms in total. The molecule has 0 aliphatic carbocycles. The van der Waals surface area contributed by atoms with E-state index in [-0.39, 0.29) is 5.82 Å². The molecule has 8 aromatic rings. The summed E-state index contributed by atoms with van der Waals surface area (Å²) in [6.07, 6.45) is 12.7. The van der Waals surface area contributed by atoms with E-state index in [1.54, 1.807) is 6.07 Å². The van der Waals surface area contributed by atoms with Crippen LogP contribution in [-0.2, 0) is 0 Å². The molecule has 0 saturated heterocycles. The summed E-state index contributed by atoms with van der Waals surface area (Å²) in [6, 6.07) is 72.3. The fraction of sp³-hybridized carbons (Fsp3) is 0. The van der Waals surface area contributed by atoms with Crippen LogP contribution < -0.4 is 0 Å². The van der Waals surface area contributed by atoms with Crippen LogP contribution in [0.3, 0.4) is 0 Å². The van der Waals surface area contributed by atoms with E-state index in [0.717, 1.165) is 38.9 Å². The summed E-state index contributed by atoms with van der Waals surface area (Å²) in [6.45, 7) is 0. The van der Waals surface area contributed by atoms with Crippen molar-refractivity contribution in [1.29, 1.82) is 0 Å². The van der Waals surface area contributed by atoms with Gasteiger partial charge in [-0.25, -0.2) is 4.39 Å². The number of halogens is 1. The molecule has 0 atom stereocenters. The first kappa shape index (κ1) is 36.6. The Bertz CT molecular complexity index is 2570. The lowest BCUT2D eigenvalue weighted by molar-refractivity contribution is 0.631. The van der Waals surface area contributed by atoms with E-state index in [1.165, 1.54) is 33.4 Å². The molecule has 0 amide bonds. The van der Waals surface area contributed by atoms with Crippen LogP contribution in [0.5, 0.6) is 0 Å². The van der Waals surface area contributed by atoms with E-state index < -0.39 is 0 Å². The van der Waals surface area contributed by atoms with Gasteiger partial charge in [-0.05, 0) is 96.6 Å². The first-order valence-corrected chi connectivity index (χ1v) is 19.3. The third kappa shape index (κ3) is 9.31. The maximum absolute atomic E-state index is 15.8. The molecule has 0 saturated carbocycles. The summed E-state index contributed by atoms with van der Waals surface area (Å²) >= 11 is 0. The molecule has 0 N–H and O–H groups in total. The summed E-state index contributed by atoms with van der Waals surface area (Å²) in [5, 5.41) is 0. The Labute approximate surface area is 335 Å². The van der Waals surface area contributed by atoms with Gasteiger partial charge in [0.1, 0.15) is 5.82 Å². The van der Waals surface area contributed by atoms with Crippen molar-refractivity contribution in [2.24, 2.45) is 0 Å². The number of hydrogen-bond acceptors (Lipinski definition) is 0. The van der Waals surface area contributed by atoms with Gasteiger partial charge in [-0.3, -0.25) is 0 Å². The molecule has 57 heavy (non-hydrogen) atoms. The first-order valence-electron chi connectivity index (χ1n) is 19.3. The lowest BCUT2D eigenvalue weighted by Gasteiger charge is -2.10. The first-order chi connectivity index (χ1) is 28.2. The molecule has 0 aliphatic heterocycles. The summed E-state index contributed by atoms with van der Waals surface area (Å²) in [5.74, 6) is -0.253. The normalized spacial score (nSPS) is 11.1. The van der Waals surface area contributed by atoms with E-state index in [0.29, 0.717) is 5.56 Å². The molecular formula is C56H41F. The van der Waals surface area contributed by atoms with Gasteiger partial charge in [-0.1, -0.05) is 224 Å². The maximum atomic E-state index is 15.8. The Hall–Kier alpha value is -7.35. The van der Waals surface area contributed by atoms with Crippen molar-refractivity contribution >= 4 is 47.6 Å². The highest BCUT2D eigenvalue weighted by Crippen LogP contribution is 2.31. The minimum absolute atomic E-state index is 0.253. The van der Waals surface area contributed by atoms with Crippen LogP contribution in [0.4, 0.5) is 4.39 Å². The van der Waals surface area contributed by atoms with Crippen LogP contribution in [0.2, 0.25) is 0 Å². The smallest absolute Gasteiger partial charge is 0.131 e. The van der Waals surface area contributed by atoms with Gasteiger partial charge < -0.3 is 0 Å². The third-order valence-electron chi connectivity index (χ3n) is 10.0. The van der Waals surface area contributed by atoms with Gasteiger partial charge in [0.25, 0.3) is 0 Å². The van der Waals surface area contributed by atoms with Gasteiger partial charge in [0.05, 0.1) is 0 Å². The quantitative estimate of drug-likeness (QED) is 0.116. The Balaban J connectivity index is 1.08. The highest BCUT2D eigenvalue weighted by molar-refractivity contribution is 5.93. The zero-order valence-electron chi connectivity index (χ0n) is 31.5. The molecule has 1 heteroatoms. The van der Waals surface area contributed by atoms with Crippen molar-refractivity contribution in [3.63, 3.8) is 0 Å². The average molecular weight is 733 g/mol. The lowest BCUT2D eigenvalue weighted by atomic mass is 9.95. The van der Waals surface area contributed by atoms with Crippen molar-refractivity contribution in [3.8, 4) is 11.1 Å². The fourth-order valence-electron chi connectivity index (χ4n) is 6.98. The van der Waals surface area contributed by atoms with Crippen LogP contribution in [-0.4, -0.2) is 0 Å². The standard InChI is InChI=1S/C56H41F/c57-56-41-52(37-35-43-28-32-45(33-29-43)39-54(48-20-10-3-11-21-48)49-22-12-4-13-23-49)51(40-55(56)50-24-14-5-15-25-50)36-34-42-26-30-44(31-27-42)38-53(46-16-6-1-7-17-46)47-18-8-2-9-19-47/h1-41H. The topological polar surface area (TPSA) is 0 Å². The molecule has 0 aliphatic rings. The number of rotatable bonds is 11. The van der Waals surface area contributed by atoms with Gasteiger partial charge >= 0.3 is 0 Å². The second-order valence-corrected chi connectivity index (χ2v) is 13.9. The molecule has 0 spiro atoms. The fourth-order valence-corrected chi connectivity index (χ4v) is 6.98. The molecular weight excluding hydrogens is 692 g/mol. The van der Waals surface area contributed by atoms with Crippen molar-refractivity contribution in [1.82, 2.24) is 0 Å². The van der Waals surface area contributed by atoms with Crippen LogP contribution in [0.15, 0.2) is 212 Å². The highest BCUT2D eigenvalue weighted by atomic mass is 19.1. The zero-order chi connectivity index (χ0) is 38.7. The summed E-state index contributed by atoms with van der Waals surface area (Å²) < 4.78 is 15.8. The minimum Gasteiger partial charge on any atom is -0.206 e. The highest BCUT2D eigenvalue weighted by Gasteiger charge is 2.10. The maximum Gasteiger partial charge on any atom is 0.131 e. The van der Waals surface area contributed by atoms with Crippen LogP contribution in [0.25, 0.3) is 58.7 Å². The average Bonchev–Trinajstić information content (AvgIpc) is 3.28. The molecule has 272 valence electrons. The molecule has 0 radical (unpaired) electrons. The van der Waals surface area contributed by atoms with E-state index in [4.69, 9.17) is 0 Å². The van der Waals surface area contributed by atoms with Crippen LogP contribution in [0.1, 0.15) is 55.6 Å². The number of benzene rings is 8. The van der Waals surface area contributed by atoms with Crippen LogP contribution in [0, 0.1) is 5.82 Å². The zero-order valence-corrected chi connectivity index (χ0v) is 31.5. The van der Waals surface area contributed by atoms with E-state index >= 15 is 4.39 Å². The monoisotopic (exact) mass is 732 g/mol. The van der Waals surface area contributed by atoms with Crippen molar-refractivity contribution < 1.29 is 4.39 Å². The van der Waals surface area contributed by atoms with Gasteiger partial charge in [0.15, 0.2) is 0 Å². The molecule has 8 rings (SSSR count). The van der Waals surface area contributed by atoms with Crippen LogP contribution >= 0.6 is 0 Å². The van der Waals surface area contributed by atoms with E-state index in [1.807, 2.05) is 66.7 Å². The van der Waals surface area contributed by atoms with Crippen molar-refractivity contribution in [3.05, 3.63) is 274 Å². The SMILES string of the molecule is Fc1cc(C=Cc2ccc(C=C(c3ccccc3)c3ccccc3)cc2)c(C=Cc2ccc(C=C(c3ccccc3)c3ccccc3)cc2)cc1-c1ccccc1. The molecule has 0 fully saturated rings. The number of hydrogen-bond donors (Lipinski definition) is 0. The second kappa shape index (κ2) is 17.9. The molecule has 0 bridgehead atoms. The lowest BCUT2D eigenvalue weighted by Crippen LogP contribution is -1.90. The Kier molecular flexibility index (Phi) is 11.5. The third-order valence-corrected chi connectivity index (χ3v) is 10.0. The van der Waals surface area contributed by atoms with E-state index in [9.17, 15) is 0 Å². The summed E-state index contributed by atoms with van der Waals surface area (Å²) in [4.78, 5) is 0. The van der Waals surface area contributed by atoms with Gasteiger partial charge in [-0.2, -0.15) is 0 Å². The second-order valence-electron chi connectivity index (χ2n) is 13.9. The Morgan fingerprint density at radius 3 is 1.00 bits per heavy atom. The van der Waals surface area contributed by atoms with Gasteiger partial charge in [0, 0.05) is 5.56 Å². The van der Waals surface area contributed by atoms with Crippen molar-refractivity contribution in [2.45, 2.75) is 0 Å². The Morgan fingerprint density at radius 1 is 0.316 bits per heavy atom. The van der Waals surface area contributed by atoms with Gasteiger partial charge in [0.2, 0.25) is 0 Å². The summed E-state index contributed by atoms with van der Waals surface area (Å²) in [5.41, 5.74) is 14.5. The molecule has 8 aromatic carbocycles. The molecule has 0 heterocycles. The predicted octanol–water partition coefficient (Wildman–Crippen LogP) is 15.0. The van der Waals surface area contributed by atoms with Gasteiger partial charge in [-0.15, -0.1) is 0 Å². The minimum atomic E-state index is -0.253.